The highest BCUT2D eigenvalue weighted by molar-refractivity contribution is 6.21. The first-order valence-electron chi connectivity index (χ1n) is 29.2. The molecule has 5 unspecified atom stereocenters. The van der Waals surface area contributed by atoms with Gasteiger partial charge < -0.3 is 20.4 Å². The van der Waals surface area contributed by atoms with Crippen LogP contribution in [0.15, 0.2) is 121 Å². The standard InChI is InChI=1S/C18H24N4O3.C18H20N2O.C15H17N3O3.C13H18N4O2/c1-12-11-22(20-17(12)24)16-5-3-4-15(10-16)19-18(25)21-8-6-14(7-9-21)13(2)23;1-3-14-7-5-9-16(11-14)20-12-17(18(21)19-20)15-8-4-6-13(2)10-15;1-9-6-13(19)18(15(9)21)12-5-3-4-11(7-12)17-8-10(2)14(20)16-17;1-9-8-17(15-12(9)18)11-6-4-10(5-7-11)14-13(19)16(2)3/h3-5,10,12,14H,6-9,11H2,1-2H3,(H,19,25)(H,20,24);4-11,17H,3,12H2,1-2H3,(H,19,21);3-5,7,9-10H,6,8H2,1-2H3,(H,16,20);4-7,9H,8H2,1-3H3,(H,14,19)(H,15,18). The van der Waals surface area contributed by atoms with E-state index < -0.39 is 0 Å². The number of Topliss-reactive ketones (excluding diaryl/α,β-unsaturated/α-hetero) is 1. The summed E-state index contributed by atoms with van der Waals surface area (Å²) in [4.78, 5) is 111. The van der Waals surface area contributed by atoms with Gasteiger partial charge in [0.05, 0.1) is 78.3 Å². The zero-order valence-electron chi connectivity index (χ0n) is 50.4. The number of ketones is 1. The Morgan fingerprint density at radius 3 is 1.58 bits per heavy atom. The highest BCUT2D eigenvalue weighted by Crippen LogP contribution is 2.31. The Balaban J connectivity index is 0.000000150. The first-order valence-corrected chi connectivity index (χ1v) is 29.2. The van der Waals surface area contributed by atoms with Crippen molar-refractivity contribution in [3.05, 3.63) is 138 Å². The average Bonchev–Trinajstić information content (AvgIpc) is 4.50. The van der Waals surface area contributed by atoms with Crippen molar-refractivity contribution in [2.45, 2.75) is 80.1 Å². The third-order valence-corrected chi connectivity index (χ3v) is 15.8. The number of anilines is 7. The predicted octanol–water partition coefficient (Wildman–Crippen LogP) is 7.54. The van der Waals surface area contributed by atoms with Gasteiger partial charge in [-0.2, -0.15) is 0 Å². The van der Waals surface area contributed by atoms with Gasteiger partial charge in [-0.05, 0) is 117 Å². The predicted molar refractivity (Wildman–Crippen MR) is 331 cm³/mol. The van der Waals surface area contributed by atoms with Crippen LogP contribution in [0.4, 0.5) is 49.4 Å². The molecule has 454 valence electrons. The summed E-state index contributed by atoms with van der Waals surface area (Å²) in [5.41, 5.74) is 20.5. The van der Waals surface area contributed by atoms with E-state index in [9.17, 15) is 43.2 Å². The number of piperidine rings is 1. The molecule has 0 radical (unpaired) electrons. The van der Waals surface area contributed by atoms with Crippen molar-refractivity contribution in [2.75, 3.05) is 88.9 Å². The maximum Gasteiger partial charge on any atom is 0.321 e. The largest absolute Gasteiger partial charge is 0.331 e. The molecule has 0 saturated carbocycles. The summed E-state index contributed by atoms with van der Waals surface area (Å²) in [7, 11) is 3.37. The number of aryl methyl sites for hydroxylation is 2. The number of nitrogens with zero attached hydrogens (tertiary/aromatic N) is 7. The summed E-state index contributed by atoms with van der Waals surface area (Å²) >= 11 is 0. The van der Waals surface area contributed by atoms with Crippen molar-refractivity contribution in [3.63, 3.8) is 0 Å². The number of nitrogens with one attached hydrogen (secondary N) is 6. The summed E-state index contributed by atoms with van der Waals surface area (Å²) in [6, 6.07) is 38.1. The zero-order valence-corrected chi connectivity index (χ0v) is 50.4. The van der Waals surface area contributed by atoms with Gasteiger partial charge in [0.15, 0.2) is 0 Å². The second-order valence-electron chi connectivity index (χ2n) is 23.0. The molecule has 10 amide bonds. The van der Waals surface area contributed by atoms with Crippen LogP contribution in [0.5, 0.6) is 0 Å². The molecule has 6 heterocycles. The van der Waals surface area contributed by atoms with Crippen LogP contribution in [0.1, 0.15) is 83.4 Å². The topological polar surface area (TPSA) is 248 Å². The van der Waals surface area contributed by atoms with E-state index in [0.29, 0.717) is 50.6 Å². The van der Waals surface area contributed by atoms with E-state index in [-0.39, 0.29) is 95.2 Å². The summed E-state index contributed by atoms with van der Waals surface area (Å²) in [5, 5.41) is 13.0. The molecule has 86 heavy (non-hydrogen) atoms. The van der Waals surface area contributed by atoms with E-state index in [0.717, 1.165) is 53.3 Å². The van der Waals surface area contributed by atoms with Crippen LogP contribution in [-0.2, 0) is 40.0 Å². The molecule has 22 heteroatoms. The van der Waals surface area contributed by atoms with Gasteiger partial charge in [-0.15, -0.1) is 0 Å². The van der Waals surface area contributed by atoms with Crippen molar-refractivity contribution in [1.29, 1.82) is 0 Å². The van der Waals surface area contributed by atoms with Crippen molar-refractivity contribution in [3.8, 4) is 0 Å². The first-order chi connectivity index (χ1) is 41.0. The molecule has 6 saturated heterocycles. The Kier molecular flexibility index (Phi) is 20.3. The Morgan fingerprint density at radius 1 is 0.547 bits per heavy atom. The number of rotatable bonds is 10. The lowest BCUT2D eigenvalue weighted by atomic mass is 9.93. The molecular weight excluding hydrogens is 1090 g/mol. The van der Waals surface area contributed by atoms with E-state index in [1.54, 1.807) is 61.1 Å². The zero-order chi connectivity index (χ0) is 61.9. The molecule has 5 aromatic rings. The summed E-state index contributed by atoms with van der Waals surface area (Å²) in [5.74, 6) is -0.500. The van der Waals surface area contributed by atoms with E-state index in [2.05, 4.69) is 70.4 Å². The molecule has 6 fully saturated rings. The van der Waals surface area contributed by atoms with Crippen molar-refractivity contribution in [2.24, 2.45) is 29.6 Å². The third-order valence-electron chi connectivity index (χ3n) is 15.8. The first kappa shape index (κ1) is 62.6. The molecule has 11 rings (SSSR count). The summed E-state index contributed by atoms with van der Waals surface area (Å²) in [6.45, 7) is 16.9. The van der Waals surface area contributed by atoms with Crippen LogP contribution in [0.25, 0.3) is 0 Å². The molecule has 5 atom stereocenters. The van der Waals surface area contributed by atoms with Crippen LogP contribution in [0, 0.1) is 36.5 Å². The number of imide groups is 1. The summed E-state index contributed by atoms with van der Waals surface area (Å²) < 4.78 is 0. The fourth-order valence-corrected chi connectivity index (χ4v) is 10.5. The molecule has 0 aromatic heterocycles. The van der Waals surface area contributed by atoms with E-state index >= 15 is 0 Å². The number of urea groups is 2. The van der Waals surface area contributed by atoms with E-state index in [1.165, 1.54) is 20.9 Å². The van der Waals surface area contributed by atoms with Gasteiger partial charge >= 0.3 is 12.1 Å². The highest BCUT2D eigenvalue weighted by Gasteiger charge is 2.38. The third kappa shape index (κ3) is 15.6. The number of benzene rings is 5. The van der Waals surface area contributed by atoms with Crippen LogP contribution < -0.4 is 57.3 Å². The molecule has 0 aliphatic carbocycles. The second-order valence-corrected chi connectivity index (χ2v) is 23.0. The lowest BCUT2D eigenvalue weighted by Crippen LogP contribution is -2.42. The number of likely N-dealkylation sites (tertiary alicyclic amines) is 1. The van der Waals surface area contributed by atoms with Crippen LogP contribution in [0.2, 0.25) is 0 Å². The second kappa shape index (κ2) is 27.9. The fourth-order valence-electron chi connectivity index (χ4n) is 10.5. The van der Waals surface area contributed by atoms with Gasteiger partial charge in [-0.1, -0.05) is 88.7 Å². The SMILES string of the molecule is CC(=O)C1CCN(C(=O)Nc2cccc(N3CC(C)C(=O)N3)c2)CC1.CC1CN(c2ccc(NC(=O)N(C)C)cc2)NC1=O.CC1CN(c2cccc(N3C(=O)CC(C)C3=O)c2)NC1=O.CCc1cccc(N2CC(c3cccc(C)c3)C(=O)N2)c1. The number of carbonyl (C=O) groups is 9. The molecule has 22 nitrogen and oxygen atoms in total. The molecule has 0 bridgehead atoms. The minimum Gasteiger partial charge on any atom is -0.331 e. The van der Waals surface area contributed by atoms with Gasteiger partial charge in [-0.25, -0.2) is 9.59 Å². The van der Waals surface area contributed by atoms with Crippen molar-refractivity contribution >= 4 is 93.1 Å². The fraction of sp³-hybridized carbons (Fsp3) is 0.391. The molecule has 5 aromatic carbocycles. The maximum atomic E-state index is 12.4. The Hall–Kier alpha value is -9.47. The number of hydrogen-bond acceptors (Lipinski definition) is 13. The van der Waals surface area contributed by atoms with Crippen LogP contribution in [0.3, 0.4) is 0 Å². The normalized spacial score (nSPS) is 20.8. The van der Waals surface area contributed by atoms with Crippen molar-refractivity contribution in [1.82, 2.24) is 31.5 Å². The minimum atomic E-state index is -0.271. The van der Waals surface area contributed by atoms with E-state index in [1.807, 2.05) is 110 Å². The number of hydrogen-bond donors (Lipinski definition) is 6. The number of carbonyl (C=O) groups excluding carboxylic acids is 9. The minimum absolute atomic E-state index is 0.00257. The lowest BCUT2D eigenvalue weighted by molar-refractivity contribution is -0.123. The monoisotopic (exact) mass is 1170 g/mol. The van der Waals surface area contributed by atoms with Gasteiger partial charge in [-0.3, -0.25) is 80.2 Å². The quantitative estimate of drug-likeness (QED) is 0.0741. The van der Waals surface area contributed by atoms with Crippen LogP contribution >= 0.6 is 0 Å². The number of hydrazine groups is 4. The Bertz CT molecular complexity index is 3330. The van der Waals surface area contributed by atoms with Gasteiger partial charge in [0.1, 0.15) is 5.78 Å². The molecule has 6 aliphatic rings. The molecule has 6 N–H and O–H groups in total. The van der Waals surface area contributed by atoms with Crippen LogP contribution in [-0.4, -0.2) is 116 Å². The van der Waals surface area contributed by atoms with Gasteiger partial charge in [0.25, 0.3) is 0 Å². The number of amides is 10. The maximum absolute atomic E-state index is 12.4. The van der Waals surface area contributed by atoms with Gasteiger partial charge in [0.2, 0.25) is 35.4 Å². The smallest absolute Gasteiger partial charge is 0.321 e. The Morgan fingerprint density at radius 2 is 1.06 bits per heavy atom. The summed E-state index contributed by atoms with van der Waals surface area (Å²) in [6.07, 6.45) is 2.69. The lowest BCUT2D eigenvalue weighted by Gasteiger charge is -2.31. The average molecular weight is 1170 g/mol. The Labute approximate surface area is 502 Å². The van der Waals surface area contributed by atoms with Gasteiger partial charge in [0, 0.05) is 56.8 Å². The molecule has 6 aliphatic heterocycles. The highest BCUT2D eigenvalue weighted by atomic mass is 16.2. The molecule has 0 spiro atoms. The van der Waals surface area contributed by atoms with Crippen molar-refractivity contribution < 1.29 is 43.2 Å². The molecular formula is C64H79N13O9. The van der Waals surface area contributed by atoms with E-state index in [4.69, 9.17) is 0 Å².